The molecule has 0 N–H and O–H groups in total. The summed E-state index contributed by atoms with van der Waals surface area (Å²) in [4.78, 5) is 12.7. The van der Waals surface area contributed by atoms with Crippen LogP contribution in [0.5, 0.6) is 0 Å². The van der Waals surface area contributed by atoms with E-state index in [1.165, 1.54) is 4.68 Å². The number of carbonyl (C=O) groups excluding carboxylic acids is 1. The maximum absolute atomic E-state index is 12.7. The molecule has 0 aliphatic rings. The number of carbonyl (C=O) groups is 1. The van der Waals surface area contributed by atoms with Crippen LogP contribution in [0.1, 0.15) is 15.9 Å². The zero-order valence-electron chi connectivity index (χ0n) is 10.6. The molecule has 0 spiro atoms. The molecule has 0 atom stereocenters. The van der Waals surface area contributed by atoms with Crippen LogP contribution in [0, 0.1) is 6.92 Å². The number of aromatic nitrogens is 2. The van der Waals surface area contributed by atoms with Gasteiger partial charge in [0, 0.05) is 5.39 Å². The Morgan fingerprint density at radius 1 is 1.20 bits per heavy atom. The van der Waals surface area contributed by atoms with Gasteiger partial charge in [0.2, 0.25) is 0 Å². The molecule has 0 fully saturated rings. The lowest BCUT2D eigenvalue weighted by Gasteiger charge is -2.07. The molecule has 20 heavy (non-hydrogen) atoms. The number of rotatable bonds is 1. The smallest absolute Gasteiger partial charge is 0.267 e. The summed E-state index contributed by atoms with van der Waals surface area (Å²) in [5.74, 6) is -0.227. The van der Waals surface area contributed by atoms with E-state index >= 15 is 0 Å². The van der Waals surface area contributed by atoms with Gasteiger partial charge < -0.3 is 0 Å². The third-order valence-electron chi connectivity index (χ3n) is 3.17. The Labute approximate surface area is 129 Å². The van der Waals surface area contributed by atoms with Gasteiger partial charge in [-0.1, -0.05) is 41.9 Å². The maximum Gasteiger partial charge on any atom is 0.280 e. The van der Waals surface area contributed by atoms with E-state index < -0.39 is 0 Å². The van der Waals surface area contributed by atoms with E-state index in [0.717, 1.165) is 16.5 Å². The highest BCUT2D eigenvalue weighted by atomic mass is 79.9. The SMILES string of the molecule is Cc1cccc(Cl)c1C(=O)n1nc(Br)c2ccccc21. The first kappa shape index (κ1) is 13.3. The standard InChI is InChI=1S/C15H10BrClN2O/c1-9-5-4-7-11(17)13(9)15(20)19-12-8-3-2-6-10(12)14(16)18-19/h2-8H,1H3. The van der Waals surface area contributed by atoms with Crippen LogP contribution >= 0.6 is 27.5 Å². The molecular weight excluding hydrogens is 340 g/mol. The molecule has 0 bridgehead atoms. The third kappa shape index (κ3) is 2.05. The fourth-order valence-electron chi connectivity index (χ4n) is 2.19. The van der Waals surface area contributed by atoms with Gasteiger partial charge in [-0.2, -0.15) is 9.78 Å². The molecule has 1 heterocycles. The van der Waals surface area contributed by atoms with E-state index in [9.17, 15) is 4.79 Å². The van der Waals surface area contributed by atoms with E-state index in [2.05, 4.69) is 21.0 Å². The van der Waals surface area contributed by atoms with Crippen molar-refractivity contribution < 1.29 is 4.79 Å². The van der Waals surface area contributed by atoms with Crippen molar-refractivity contribution in [3.05, 3.63) is 63.2 Å². The molecular formula is C15H10BrClN2O. The van der Waals surface area contributed by atoms with Crippen LogP contribution in [0.3, 0.4) is 0 Å². The monoisotopic (exact) mass is 348 g/mol. The summed E-state index contributed by atoms with van der Waals surface area (Å²) in [6, 6.07) is 12.9. The fourth-order valence-corrected chi connectivity index (χ4v) is 2.99. The van der Waals surface area contributed by atoms with E-state index in [-0.39, 0.29) is 5.91 Å². The van der Waals surface area contributed by atoms with E-state index in [0.29, 0.717) is 15.2 Å². The molecule has 0 saturated heterocycles. The van der Waals surface area contributed by atoms with Gasteiger partial charge in [0.25, 0.3) is 5.91 Å². The van der Waals surface area contributed by atoms with Crippen LogP contribution in [0.4, 0.5) is 0 Å². The molecule has 0 aliphatic heterocycles. The molecule has 0 amide bonds. The first-order valence-corrected chi connectivity index (χ1v) is 7.20. The van der Waals surface area contributed by atoms with Crippen LogP contribution in [-0.2, 0) is 0 Å². The fraction of sp³-hybridized carbons (Fsp3) is 0.0667. The molecule has 0 radical (unpaired) electrons. The minimum atomic E-state index is -0.227. The molecule has 5 heteroatoms. The Morgan fingerprint density at radius 3 is 2.70 bits per heavy atom. The Balaban J connectivity index is 2.24. The summed E-state index contributed by atoms with van der Waals surface area (Å²) in [5, 5.41) is 5.60. The van der Waals surface area contributed by atoms with Gasteiger partial charge in [-0.25, -0.2) is 0 Å². The summed E-state index contributed by atoms with van der Waals surface area (Å²) in [5.41, 5.74) is 2.07. The first-order valence-electron chi connectivity index (χ1n) is 6.02. The van der Waals surface area contributed by atoms with E-state index in [4.69, 9.17) is 11.6 Å². The lowest BCUT2D eigenvalue weighted by Crippen LogP contribution is -2.15. The van der Waals surface area contributed by atoms with Gasteiger partial charge in [0.1, 0.15) is 4.60 Å². The average Bonchev–Trinajstić information content (AvgIpc) is 2.76. The Bertz CT molecular complexity index is 806. The Hall–Kier alpha value is -1.65. The van der Waals surface area contributed by atoms with Crippen molar-refractivity contribution >= 4 is 44.3 Å². The molecule has 3 nitrogen and oxygen atoms in total. The number of hydrogen-bond donors (Lipinski definition) is 0. The van der Waals surface area contributed by atoms with Crippen LogP contribution < -0.4 is 0 Å². The number of aryl methyl sites for hydroxylation is 1. The number of hydrogen-bond acceptors (Lipinski definition) is 2. The molecule has 0 saturated carbocycles. The quantitative estimate of drug-likeness (QED) is 0.650. The van der Waals surface area contributed by atoms with Crippen LogP contribution in [0.2, 0.25) is 5.02 Å². The van der Waals surface area contributed by atoms with Gasteiger partial charge in [-0.05, 0) is 40.5 Å². The summed E-state index contributed by atoms with van der Waals surface area (Å²) in [7, 11) is 0. The second-order valence-electron chi connectivity index (χ2n) is 4.46. The van der Waals surface area contributed by atoms with Gasteiger partial charge in [-0.3, -0.25) is 4.79 Å². The van der Waals surface area contributed by atoms with Crippen molar-refractivity contribution in [3.8, 4) is 0 Å². The van der Waals surface area contributed by atoms with Gasteiger partial charge in [-0.15, -0.1) is 0 Å². The minimum Gasteiger partial charge on any atom is -0.267 e. The van der Waals surface area contributed by atoms with Gasteiger partial charge >= 0.3 is 0 Å². The largest absolute Gasteiger partial charge is 0.280 e. The molecule has 100 valence electrons. The van der Waals surface area contributed by atoms with E-state index in [1.54, 1.807) is 6.07 Å². The van der Waals surface area contributed by atoms with Crippen molar-refractivity contribution in [2.45, 2.75) is 6.92 Å². The second kappa shape index (κ2) is 5.04. The highest BCUT2D eigenvalue weighted by Gasteiger charge is 2.19. The summed E-state index contributed by atoms with van der Waals surface area (Å²) >= 11 is 9.54. The lowest BCUT2D eigenvalue weighted by molar-refractivity contribution is 0.0949. The van der Waals surface area contributed by atoms with Crippen molar-refractivity contribution in [1.29, 1.82) is 0 Å². The minimum absolute atomic E-state index is 0.227. The van der Waals surface area contributed by atoms with Crippen molar-refractivity contribution in [2.24, 2.45) is 0 Å². The predicted octanol–water partition coefficient (Wildman–Crippen LogP) is 4.45. The highest BCUT2D eigenvalue weighted by Crippen LogP contribution is 2.26. The molecule has 0 aliphatic carbocycles. The normalized spacial score (nSPS) is 10.9. The second-order valence-corrected chi connectivity index (χ2v) is 5.61. The predicted molar refractivity (Wildman–Crippen MR) is 83.4 cm³/mol. The number of nitrogens with zero attached hydrogens (tertiary/aromatic N) is 2. The van der Waals surface area contributed by atoms with Crippen LogP contribution in [0.25, 0.3) is 10.9 Å². The molecule has 2 aromatic carbocycles. The summed E-state index contributed by atoms with van der Waals surface area (Å²) in [6.45, 7) is 1.86. The van der Waals surface area contributed by atoms with Gasteiger partial charge in [0.05, 0.1) is 16.1 Å². The number of fused-ring (bicyclic) bond motifs is 1. The third-order valence-corrected chi connectivity index (χ3v) is 4.07. The Morgan fingerprint density at radius 2 is 1.95 bits per heavy atom. The number of para-hydroxylation sites is 1. The molecule has 3 aromatic rings. The maximum atomic E-state index is 12.7. The molecule has 0 unspecified atom stereocenters. The zero-order valence-corrected chi connectivity index (χ0v) is 12.9. The summed E-state index contributed by atoms with van der Waals surface area (Å²) in [6.07, 6.45) is 0. The van der Waals surface area contributed by atoms with Crippen LogP contribution in [0.15, 0.2) is 47.1 Å². The zero-order chi connectivity index (χ0) is 14.3. The van der Waals surface area contributed by atoms with E-state index in [1.807, 2.05) is 43.3 Å². The van der Waals surface area contributed by atoms with Crippen molar-refractivity contribution in [2.75, 3.05) is 0 Å². The number of halogens is 2. The number of benzene rings is 2. The average molecular weight is 350 g/mol. The first-order chi connectivity index (χ1) is 9.59. The molecule has 3 rings (SSSR count). The van der Waals surface area contributed by atoms with Crippen molar-refractivity contribution in [1.82, 2.24) is 9.78 Å². The topological polar surface area (TPSA) is 34.9 Å². The highest BCUT2D eigenvalue weighted by molar-refractivity contribution is 9.10. The Kier molecular flexibility index (Phi) is 3.36. The van der Waals surface area contributed by atoms with Crippen LogP contribution in [-0.4, -0.2) is 15.7 Å². The lowest BCUT2D eigenvalue weighted by atomic mass is 10.1. The van der Waals surface area contributed by atoms with Gasteiger partial charge in [0.15, 0.2) is 0 Å². The summed E-state index contributed by atoms with van der Waals surface area (Å²) < 4.78 is 2.03. The van der Waals surface area contributed by atoms with Crippen molar-refractivity contribution in [3.63, 3.8) is 0 Å². The molecule has 1 aromatic heterocycles.